The minimum atomic E-state index is -0.374. The molecule has 0 aliphatic carbocycles. The molecule has 2 aromatic carbocycles. The molecule has 0 unspecified atom stereocenters. The van der Waals surface area contributed by atoms with Crippen LogP contribution in [0.2, 0.25) is 5.02 Å². The van der Waals surface area contributed by atoms with E-state index in [4.69, 9.17) is 25.8 Å². The summed E-state index contributed by atoms with van der Waals surface area (Å²) in [6.07, 6.45) is 1.77. The highest BCUT2D eigenvalue weighted by Gasteiger charge is 2.21. The van der Waals surface area contributed by atoms with Crippen molar-refractivity contribution in [1.29, 1.82) is 0 Å². The van der Waals surface area contributed by atoms with Gasteiger partial charge in [0, 0.05) is 17.3 Å². The summed E-state index contributed by atoms with van der Waals surface area (Å²) in [5.41, 5.74) is 1.24. The Morgan fingerprint density at radius 3 is 2.46 bits per heavy atom. The van der Waals surface area contributed by atoms with E-state index >= 15 is 0 Å². The summed E-state index contributed by atoms with van der Waals surface area (Å²) in [5.74, 6) is 1.14. The fourth-order valence-corrected chi connectivity index (χ4v) is 2.98. The Kier molecular flexibility index (Phi) is 6.06. The minimum Gasteiger partial charge on any atom is -0.493 e. The molecule has 28 heavy (non-hydrogen) atoms. The van der Waals surface area contributed by atoms with E-state index in [1.165, 1.54) is 21.3 Å². The molecule has 0 fully saturated rings. The number of hydrogen-bond donors (Lipinski definition) is 1. The van der Waals surface area contributed by atoms with Crippen molar-refractivity contribution < 1.29 is 19.0 Å². The molecule has 7 nitrogen and oxygen atoms in total. The van der Waals surface area contributed by atoms with Crippen molar-refractivity contribution in [3.63, 3.8) is 0 Å². The second-order valence-electron chi connectivity index (χ2n) is 5.83. The Labute approximate surface area is 167 Å². The molecule has 0 spiro atoms. The molecule has 0 aliphatic rings. The van der Waals surface area contributed by atoms with Gasteiger partial charge in [-0.05, 0) is 23.8 Å². The average Bonchev–Trinajstić information content (AvgIpc) is 3.15. The molecule has 0 bridgehead atoms. The Bertz CT molecular complexity index is 987. The lowest BCUT2D eigenvalue weighted by molar-refractivity contribution is 0.102. The van der Waals surface area contributed by atoms with Crippen LogP contribution in [0.15, 0.2) is 48.7 Å². The summed E-state index contributed by atoms with van der Waals surface area (Å²) in [4.78, 5) is 12.7. The third kappa shape index (κ3) is 4.04. The van der Waals surface area contributed by atoms with Gasteiger partial charge >= 0.3 is 0 Å². The number of halogens is 1. The van der Waals surface area contributed by atoms with Gasteiger partial charge in [0.1, 0.15) is 0 Å². The number of carbonyl (C=O) groups is 1. The van der Waals surface area contributed by atoms with Crippen LogP contribution in [-0.4, -0.2) is 37.0 Å². The number of hydrogen-bond acceptors (Lipinski definition) is 5. The molecule has 0 saturated carbocycles. The number of ether oxygens (including phenoxy) is 3. The van der Waals surface area contributed by atoms with Crippen LogP contribution in [0, 0.1) is 0 Å². The Balaban J connectivity index is 1.79. The van der Waals surface area contributed by atoms with Crippen LogP contribution in [0.25, 0.3) is 0 Å². The monoisotopic (exact) mass is 401 g/mol. The number of aromatic nitrogens is 2. The molecule has 1 N–H and O–H groups in total. The molecule has 1 amide bonds. The number of carbonyl (C=O) groups excluding carboxylic acids is 1. The number of nitrogens with one attached hydrogen (secondary N) is 1. The van der Waals surface area contributed by atoms with Gasteiger partial charge in [0.25, 0.3) is 5.91 Å². The van der Waals surface area contributed by atoms with E-state index in [9.17, 15) is 4.79 Å². The molecule has 1 aromatic heterocycles. The van der Waals surface area contributed by atoms with Crippen molar-refractivity contribution in [2.24, 2.45) is 0 Å². The molecule has 8 heteroatoms. The van der Waals surface area contributed by atoms with E-state index in [0.29, 0.717) is 34.4 Å². The number of amides is 1. The normalized spacial score (nSPS) is 10.4. The van der Waals surface area contributed by atoms with Crippen LogP contribution >= 0.6 is 11.6 Å². The SMILES string of the molecule is COc1ccc(C(=O)Nc2ccn(Cc3ccccc3Cl)n2)c(OC)c1OC. The van der Waals surface area contributed by atoms with Crippen molar-refractivity contribution in [3.05, 3.63) is 64.8 Å². The minimum absolute atomic E-state index is 0.287. The van der Waals surface area contributed by atoms with Crippen LogP contribution in [0.3, 0.4) is 0 Å². The summed E-state index contributed by atoms with van der Waals surface area (Å²) >= 11 is 6.19. The molecule has 146 valence electrons. The third-order valence-corrected chi connectivity index (χ3v) is 4.49. The van der Waals surface area contributed by atoms with Gasteiger partial charge in [-0.3, -0.25) is 9.48 Å². The maximum atomic E-state index is 12.7. The Hall–Kier alpha value is -3.19. The summed E-state index contributed by atoms with van der Waals surface area (Å²) in [5, 5.41) is 7.80. The topological polar surface area (TPSA) is 74.6 Å². The maximum Gasteiger partial charge on any atom is 0.260 e. The van der Waals surface area contributed by atoms with E-state index in [1.807, 2.05) is 24.3 Å². The molecule has 1 heterocycles. The van der Waals surface area contributed by atoms with E-state index in [0.717, 1.165) is 5.56 Å². The summed E-state index contributed by atoms with van der Waals surface area (Å²) in [6, 6.07) is 12.5. The smallest absolute Gasteiger partial charge is 0.260 e. The first-order valence-electron chi connectivity index (χ1n) is 8.44. The molecule has 3 rings (SSSR count). The second-order valence-corrected chi connectivity index (χ2v) is 6.23. The van der Waals surface area contributed by atoms with E-state index < -0.39 is 0 Å². The zero-order valence-corrected chi connectivity index (χ0v) is 16.5. The zero-order valence-electron chi connectivity index (χ0n) is 15.7. The van der Waals surface area contributed by atoms with Crippen molar-refractivity contribution in [2.45, 2.75) is 6.54 Å². The predicted molar refractivity (Wildman–Crippen MR) is 107 cm³/mol. The summed E-state index contributed by atoms with van der Waals surface area (Å²) < 4.78 is 17.6. The Morgan fingerprint density at radius 2 is 1.79 bits per heavy atom. The second kappa shape index (κ2) is 8.67. The molecule has 0 radical (unpaired) electrons. The lowest BCUT2D eigenvalue weighted by Gasteiger charge is -2.15. The number of rotatable bonds is 7. The van der Waals surface area contributed by atoms with E-state index in [2.05, 4.69) is 10.4 Å². The molecule has 0 aliphatic heterocycles. The third-order valence-electron chi connectivity index (χ3n) is 4.12. The first kappa shape index (κ1) is 19.6. The first-order chi connectivity index (χ1) is 13.6. The van der Waals surface area contributed by atoms with Crippen LogP contribution in [0.4, 0.5) is 5.82 Å². The van der Waals surface area contributed by atoms with Gasteiger partial charge in [0.15, 0.2) is 17.3 Å². The van der Waals surface area contributed by atoms with Gasteiger partial charge in [-0.25, -0.2) is 0 Å². The highest BCUT2D eigenvalue weighted by atomic mass is 35.5. The molecular weight excluding hydrogens is 382 g/mol. The average molecular weight is 402 g/mol. The van der Waals surface area contributed by atoms with E-state index in [1.54, 1.807) is 29.1 Å². The van der Waals surface area contributed by atoms with Gasteiger partial charge in [-0.15, -0.1) is 0 Å². The Morgan fingerprint density at radius 1 is 1.04 bits per heavy atom. The molecule has 3 aromatic rings. The number of methoxy groups -OCH3 is 3. The fourth-order valence-electron chi connectivity index (χ4n) is 2.78. The van der Waals surface area contributed by atoms with Crippen LogP contribution in [0.1, 0.15) is 15.9 Å². The first-order valence-corrected chi connectivity index (χ1v) is 8.82. The molecule has 0 saturated heterocycles. The van der Waals surface area contributed by atoms with Crippen molar-refractivity contribution in [2.75, 3.05) is 26.6 Å². The highest BCUT2D eigenvalue weighted by Crippen LogP contribution is 2.39. The van der Waals surface area contributed by atoms with Crippen LogP contribution in [0.5, 0.6) is 17.2 Å². The zero-order chi connectivity index (χ0) is 20.1. The lowest BCUT2D eigenvalue weighted by atomic mass is 10.1. The number of anilines is 1. The van der Waals surface area contributed by atoms with Gasteiger partial charge in [-0.2, -0.15) is 5.10 Å². The van der Waals surface area contributed by atoms with Gasteiger partial charge in [0.05, 0.1) is 33.4 Å². The largest absolute Gasteiger partial charge is 0.493 e. The van der Waals surface area contributed by atoms with E-state index in [-0.39, 0.29) is 11.7 Å². The van der Waals surface area contributed by atoms with Gasteiger partial charge in [-0.1, -0.05) is 29.8 Å². The maximum absolute atomic E-state index is 12.7. The highest BCUT2D eigenvalue weighted by molar-refractivity contribution is 6.31. The summed E-state index contributed by atoms with van der Waals surface area (Å²) in [6.45, 7) is 0.495. The standard InChI is InChI=1S/C20H20ClN3O4/c1-26-16-9-8-14(18(27-2)19(16)28-3)20(25)22-17-10-11-24(23-17)12-13-6-4-5-7-15(13)21/h4-11H,12H2,1-3H3,(H,22,23,25). The predicted octanol–water partition coefficient (Wildman–Crippen LogP) is 3.86. The van der Waals surface area contributed by atoms with Gasteiger partial charge in [0.2, 0.25) is 5.75 Å². The number of benzene rings is 2. The number of nitrogens with zero attached hydrogens (tertiary/aromatic N) is 2. The molecular formula is C20H20ClN3O4. The molecule has 0 atom stereocenters. The summed E-state index contributed by atoms with van der Waals surface area (Å²) in [7, 11) is 4.47. The van der Waals surface area contributed by atoms with Crippen LogP contribution in [-0.2, 0) is 6.54 Å². The quantitative estimate of drug-likeness (QED) is 0.650. The van der Waals surface area contributed by atoms with Crippen molar-refractivity contribution in [1.82, 2.24) is 9.78 Å². The van der Waals surface area contributed by atoms with Crippen molar-refractivity contribution >= 4 is 23.3 Å². The lowest BCUT2D eigenvalue weighted by Crippen LogP contribution is -2.14. The van der Waals surface area contributed by atoms with Crippen LogP contribution < -0.4 is 19.5 Å². The van der Waals surface area contributed by atoms with Crippen molar-refractivity contribution in [3.8, 4) is 17.2 Å². The fraction of sp³-hybridized carbons (Fsp3) is 0.200. The van der Waals surface area contributed by atoms with Gasteiger partial charge < -0.3 is 19.5 Å².